The minimum absolute atomic E-state index is 0.0738. The fraction of sp³-hybridized carbons (Fsp3) is 0.133. The molecular weight excluding hydrogens is 294 g/mol. The summed E-state index contributed by atoms with van der Waals surface area (Å²) in [5.41, 5.74) is 0.836. The Hall–Kier alpha value is -2.40. The van der Waals surface area contributed by atoms with Crippen LogP contribution in [-0.4, -0.2) is 25.2 Å². The maximum Gasteiger partial charge on any atom is 0.255 e. The van der Waals surface area contributed by atoms with Crippen molar-refractivity contribution in [2.75, 3.05) is 19.5 Å². The van der Waals surface area contributed by atoms with Crippen molar-refractivity contribution in [1.29, 1.82) is 0 Å². The maximum absolute atomic E-state index is 12.2. The van der Waals surface area contributed by atoms with Crippen molar-refractivity contribution in [3.8, 4) is 17.2 Å². The number of methoxy groups -OCH3 is 2. The van der Waals surface area contributed by atoms with Crippen LogP contribution in [0.25, 0.3) is 0 Å². The molecule has 2 aromatic carbocycles. The molecule has 0 aliphatic rings. The number of anilines is 1. The first-order valence-electron chi connectivity index (χ1n) is 6.07. The lowest BCUT2D eigenvalue weighted by Crippen LogP contribution is -2.12. The van der Waals surface area contributed by atoms with Crippen LogP contribution >= 0.6 is 11.6 Å². The summed E-state index contributed by atoms with van der Waals surface area (Å²) in [6.07, 6.45) is 0. The second kappa shape index (κ2) is 6.37. The minimum Gasteiger partial charge on any atom is -0.506 e. The smallest absolute Gasteiger partial charge is 0.255 e. The van der Waals surface area contributed by atoms with E-state index < -0.39 is 0 Å². The molecule has 2 aromatic rings. The third-order valence-corrected chi connectivity index (χ3v) is 3.17. The number of phenolic OH excluding ortho intramolecular Hbond substituents is 1. The third-order valence-electron chi connectivity index (χ3n) is 2.87. The van der Waals surface area contributed by atoms with Gasteiger partial charge in [-0.15, -0.1) is 0 Å². The van der Waals surface area contributed by atoms with E-state index in [1.54, 1.807) is 25.3 Å². The Kier molecular flexibility index (Phi) is 4.55. The number of carbonyl (C=O) groups is 1. The van der Waals surface area contributed by atoms with Gasteiger partial charge in [0.1, 0.15) is 17.2 Å². The van der Waals surface area contributed by atoms with E-state index in [1.807, 2.05) is 0 Å². The van der Waals surface area contributed by atoms with Gasteiger partial charge in [0, 0.05) is 11.6 Å². The van der Waals surface area contributed by atoms with Crippen molar-refractivity contribution in [3.05, 3.63) is 47.0 Å². The molecule has 6 heteroatoms. The first-order valence-corrected chi connectivity index (χ1v) is 6.45. The van der Waals surface area contributed by atoms with Gasteiger partial charge in [-0.2, -0.15) is 0 Å². The predicted octanol–water partition coefficient (Wildman–Crippen LogP) is 3.32. The molecule has 5 nitrogen and oxygen atoms in total. The molecule has 2 rings (SSSR count). The van der Waals surface area contributed by atoms with Crippen molar-refractivity contribution < 1.29 is 19.4 Å². The van der Waals surface area contributed by atoms with Gasteiger partial charge in [-0.05, 0) is 30.3 Å². The van der Waals surface area contributed by atoms with Crippen molar-refractivity contribution in [1.82, 2.24) is 0 Å². The van der Waals surface area contributed by atoms with E-state index in [4.69, 9.17) is 21.1 Å². The Morgan fingerprint density at radius 1 is 1.14 bits per heavy atom. The molecule has 0 radical (unpaired) electrons. The van der Waals surface area contributed by atoms with Gasteiger partial charge in [0.25, 0.3) is 5.91 Å². The van der Waals surface area contributed by atoms with Gasteiger partial charge in [0.05, 0.1) is 24.9 Å². The van der Waals surface area contributed by atoms with E-state index in [9.17, 15) is 9.90 Å². The Labute approximate surface area is 127 Å². The van der Waals surface area contributed by atoms with Gasteiger partial charge in [0.15, 0.2) is 0 Å². The summed E-state index contributed by atoms with van der Waals surface area (Å²) in [5.74, 6) is 0.667. The average Bonchev–Trinajstić information content (AvgIpc) is 2.50. The maximum atomic E-state index is 12.2. The number of phenols is 1. The lowest BCUT2D eigenvalue weighted by Gasteiger charge is -2.12. The van der Waals surface area contributed by atoms with Gasteiger partial charge >= 0.3 is 0 Å². The molecule has 2 N–H and O–H groups in total. The lowest BCUT2D eigenvalue weighted by atomic mass is 10.2. The standard InChI is InChI=1S/C15H14ClNO4/c1-20-10-4-5-12(14(8-10)21-2)17-15(19)9-3-6-13(18)11(16)7-9/h3-8,18H,1-2H3,(H,17,19). The summed E-state index contributed by atoms with van der Waals surface area (Å²) in [6, 6.07) is 9.29. The van der Waals surface area contributed by atoms with Crippen molar-refractivity contribution in [2.45, 2.75) is 0 Å². The second-order valence-corrected chi connectivity index (χ2v) is 4.59. The van der Waals surface area contributed by atoms with Crippen LogP contribution in [0, 0.1) is 0 Å². The fourth-order valence-corrected chi connectivity index (χ4v) is 1.92. The molecule has 110 valence electrons. The van der Waals surface area contributed by atoms with Gasteiger partial charge in [0.2, 0.25) is 0 Å². The van der Waals surface area contributed by atoms with Crippen LogP contribution in [0.2, 0.25) is 5.02 Å². The normalized spacial score (nSPS) is 10.0. The zero-order chi connectivity index (χ0) is 15.4. The van der Waals surface area contributed by atoms with Crippen molar-refractivity contribution >= 4 is 23.2 Å². The zero-order valence-electron chi connectivity index (χ0n) is 11.5. The van der Waals surface area contributed by atoms with Crippen LogP contribution in [0.5, 0.6) is 17.2 Å². The molecule has 0 heterocycles. The number of aromatic hydroxyl groups is 1. The van der Waals surface area contributed by atoms with Gasteiger partial charge in [-0.25, -0.2) is 0 Å². The molecule has 0 aromatic heterocycles. The summed E-state index contributed by atoms with van der Waals surface area (Å²) in [5, 5.41) is 12.2. The fourth-order valence-electron chi connectivity index (χ4n) is 1.74. The predicted molar refractivity (Wildman–Crippen MR) is 80.6 cm³/mol. The van der Waals surface area contributed by atoms with Crippen LogP contribution in [0.4, 0.5) is 5.69 Å². The molecule has 1 amide bonds. The van der Waals surface area contributed by atoms with E-state index in [-0.39, 0.29) is 16.7 Å². The number of ether oxygens (including phenoxy) is 2. The minimum atomic E-state index is -0.361. The van der Waals surface area contributed by atoms with E-state index in [0.717, 1.165) is 0 Å². The van der Waals surface area contributed by atoms with Crippen molar-refractivity contribution in [3.63, 3.8) is 0 Å². The molecule has 0 aliphatic heterocycles. The number of hydrogen-bond acceptors (Lipinski definition) is 4. The number of rotatable bonds is 4. The van der Waals surface area contributed by atoms with Gasteiger partial charge in [-0.1, -0.05) is 11.6 Å². The monoisotopic (exact) mass is 307 g/mol. The summed E-state index contributed by atoms with van der Waals surface area (Å²) < 4.78 is 10.3. The Bertz CT molecular complexity index is 673. The number of benzene rings is 2. The number of carbonyl (C=O) groups excluding carboxylic acids is 1. The van der Waals surface area contributed by atoms with E-state index in [2.05, 4.69) is 5.32 Å². The topological polar surface area (TPSA) is 67.8 Å². The molecule has 0 aliphatic carbocycles. The average molecular weight is 308 g/mol. The van der Waals surface area contributed by atoms with Crippen LogP contribution < -0.4 is 14.8 Å². The second-order valence-electron chi connectivity index (χ2n) is 4.19. The van der Waals surface area contributed by atoms with Gasteiger partial charge < -0.3 is 19.9 Å². The highest BCUT2D eigenvalue weighted by Gasteiger charge is 2.12. The van der Waals surface area contributed by atoms with Crippen LogP contribution in [0.15, 0.2) is 36.4 Å². The first kappa shape index (κ1) is 15.0. The quantitative estimate of drug-likeness (QED) is 0.909. The van der Waals surface area contributed by atoms with E-state index in [0.29, 0.717) is 22.7 Å². The first-order chi connectivity index (χ1) is 10.0. The van der Waals surface area contributed by atoms with Gasteiger partial charge in [-0.3, -0.25) is 4.79 Å². The lowest BCUT2D eigenvalue weighted by molar-refractivity contribution is 0.102. The molecule has 21 heavy (non-hydrogen) atoms. The summed E-state index contributed by atoms with van der Waals surface area (Å²) in [6.45, 7) is 0. The molecular formula is C15H14ClNO4. The molecule has 0 atom stereocenters. The molecule has 0 saturated heterocycles. The molecule has 0 bridgehead atoms. The molecule has 0 unspecified atom stereocenters. The number of hydrogen-bond donors (Lipinski definition) is 2. The third kappa shape index (κ3) is 3.38. The van der Waals surface area contributed by atoms with Crippen LogP contribution in [-0.2, 0) is 0 Å². The molecule has 0 fully saturated rings. The summed E-state index contributed by atoms with van der Waals surface area (Å²) in [7, 11) is 3.05. The highest BCUT2D eigenvalue weighted by molar-refractivity contribution is 6.32. The van der Waals surface area contributed by atoms with Crippen LogP contribution in [0.3, 0.4) is 0 Å². The van der Waals surface area contributed by atoms with E-state index in [1.165, 1.54) is 25.3 Å². The molecule has 0 saturated carbocycles. The highest BCUT2D eigenvalue weighted by Crippen LogP contribution is 2.30. The number of nitrogens with one attached hydrogen (secondary N) is 1. The molecule has 0 spiro atoms. The zero-order valence-corrected chi connectivity index (χ0v) is 12.3. The Morgan fingerprint density at radius 2 is 1.90 bits per heavy atom. The number of amides is 1. The van der Waals surface area contributed by atoms with Crippen LogP contribution in [0.1, 0.15) is 10.4 Å². The summed E-state index contributed by atoms with van der Waals surface area (Å²) in [4.78, 5) is 12.2. The Balaban J connectivity index is 2.24. The highest BCUT2D eigenvalue weighted by atomic mass is 35.5. The van der Waals surface area contributed by atoms with Crippen molar-refractivity contribution in [2.24, 2.45) is 0 Å². The van der Waals surface area contributed by atoms with E-state index >= 15 is 0 Å². The Morgan fingerprint density at radius 3 is 2.52 bits per heavy atom. The largest absolute Gasteiger partial charge is 0.506 e. The number of halogens is 1. The SMILES string of the molecule is COc1ccc(NC(=O)c2ccc(O)c(Cl)c2)c(OC)c1. The summed E-state index contributed by atoms with van der Waals surface area (Å²) >= 11 is 5.79.